The Morgan fingerprint density at radius 2 is 2.33 bits per heavy atom. The average molecular weight is 277 g/mol. The number of amides is 1. The van der Waals surface area contributed by atoms with E-state index in [4.69, 9.17) is 0 Å². The monoisotopic (exact) mass is 276 g/mol. The van der Waals surface area contributed by atoms with Gasteiger partial charge in [0.25, 0.3) is 0 Å². The van der Waals surface area contributed by atoms with Gasteiger partial charge in [0.15, 0.2) is 0 Å². The van der Waals surface area contributed by atoms with Gasteiger partial charge < -0.3 is 4.90 Å². The van der Waals surface area contributed by atoms with Crippen LogP contribution in [0.5, 0.6) is 0 Å². The van der Waals surface area contributed by atoms with Crippen LogP contribution < -0.4 is 0 Å². The summed E-state index contributed by atoms with van der Waals surface area (Å²) >= 11 is 3.30. The molecule has 0 aromatic rings. The van der Waals surface area contributed by atoms with Gasteiger partial charge in [-0.05, 0) is 25.9 Å². The predicted octanol–water partition coefficient (Wildman–Crippen LogP) is 1.71. The molecule has 0 aromatic heterocycles. The lowest BCUT2D eigenvalue weighted by atomic mass is 10.2. The minimum atomic E-state index is 0.245. The number of carbonyl (C=O) groups is 1. The summed E-state index contributed by atoms with van der Waals surface area (Å²) in [6.07, 6.45) is 3.12. The first-order chi connectivity index (χ1) is 7.19. The first-order valence-electron chi connectivity index (χ1n) is 5.73. The van der Waals surface area contributed by atoms with Gasteiger partial charge in [-0.1, -0.05) is 22.9 Å². The van der Waals surface area contributed by atoms with Crippen molar-refractivity contribution in [3.63, 3.8) is 0 Å². The first-order valence-corrected chi connectivity index (χ1v) is 6.85. The van der Waals surface area contributed by atoms with Gasteiger partial charge in [-0.2, -0.15) is 0 Å². The van der Waals surface area contributed by atoms with Gasteiger partial charge in [-0.3, -0.25) is 9.69 Å². The molecule has 1 amide bonds. The van der Waals surface area contributed by atoms with Crippen LogP contribution in [0.3, 0.4) is 0 Å². The number of hydrogen-bond donors (Lipinski definition) is 0. The Labute approximate surface area is 101 Å². The van der Waals surface area contributed by atoms with Crippen molar-refractivity contribution in [2.24, 2.45) is 0 Å². The van der Waals surface area contributed by atoms with Crippen molar-refractivity contribution in [3.05, 3.63) is 0 Å². The van der Waals surface area contributed by atoms with E-state index >= 15 is 0 Å². The number of hydrogen-bond acceptors (Lipinski definition) is 2. The van der Waals surface area contributed by atoms with Crippen molar-refractivity contribution in [2.75, 3.05) is 32.0 Å². The van der Waals surface area contributed by atoms with Gasteiger partial charge >= 0.3 is 0 Å². The van der Waals surface area contributed by atoms with Crippen molar-refractivity contribution in [1.29, 1.82) is 0 Å². The Morgan fingerprint density at radius 1 is 1.60 bits per heavy atom. The quantitative estimate of drug-likeness (QED) is 0.714. The van der Waals surface area contributed by atoms with Gasteiger partial charge in [-0.25, -0.2) is 0 Å². The van der Waals surface area contributed by atoms with Crippen molar-refractivity contribution in [3.8, 4) is 0 Å². The van der Waals surface area contributed by atoms with E-state index in [1.165, 1.54) is 19.4 Å². The largest absolute Gasteiger partial charge is 0.344 e. The second kappa shape index (κ2) is 6.48. The molecule has 1 atom stereocenters. The molecule has 0 saturated carbocycles. The summed E-state index contributed by atoms with van der Waals surface area (Å²) in [4.78, 5) is 15.9. The Kier molecular flexibility index (Phi) is 5.61. The number of likely N-dealkylation sites (N-methyl/N-ethyl adjacent to an activating group) is 2. The zero-order valence-corrected chi connectivity index (χ0v) is 11.3. The molecule has 0 spiro atoms. The van der Waals surface area contributed by atoms with E-state index in [2.05, 4.69) is 27.8 Å². The van der Waals surface area contributed by atoms with Gasteiger partial charge in [0, 0.05) is 31.4 Å². The summed E-state index contributed by atoms with van der Waals surface area (Å²) in [5.41, 5.74) is 0. The highest BCUT2D eigenvalue weighted by Gasteiger charge is 2.25. The van der Waals surface area contributed by atoms with E-state index in [0.29, 0.717) is 12.5 Å². The average Bonchev–Trinajstić information content (AvgIpc) is 2.65. The molecule has 1 fully saturated rings. The molecule has 1 heterocycles. The number of carbonyl (C=O) groups excluding carboxylic acids is 1. The van der Waals surface area contributed by atoms with E-state index < -0.39 is 0 Å². The van der Waals surface area contributed by atoms with Crippen LogP contribution in [0.15, 0.2) is 0 Å². The van der Waals surface area contributed by atoms with Crippen LogP contribution in [0.2, 0.25) is 0 Å². The molecule has 3 nitrogen and oxygen atoms in total. The van der Waals surface area contributed by atoms with Gasteiger partial charge in [0.2, 0.25) is 5.91 Å². The van der Waals surface area contributed by atoms with Gasteiger partial charge in [0.05, 0.1) is 0 Å². The highest BCUT2D eigenvalue weighted by Crippen LogP contribution is 2.17. The molecular weight excluding hydrogens is 256 g/mol. The maximum absolute atomic E-state index is 11.6. The summed E-state index contributed by atoms with van der Waals surface area (Å²) in [5.74, 6) is 0.245. The normalized spacial score (nSPS) is 21.9. The van der Waals surface area contributed by atoms with Crippen molar-refractivity contribution < 1.29 is 4.79 Å². The van der Waals surface area contributed by atoms with E-state index in [1.807, 2.05) is 11.9 Å². The first kappa shape index (κ1) is 13.0. The van der Waals surface area contributed by atoms with E-state index in [-0.39, 0.29) is 5.91 Å². The number of nitrogens with zero attached hydrogens (tertiary/aromatic N) is 2. The molecule has 0 aromatic carbocycles. The van der Waals surface area contributed by atoms with Crippen LogP contribution >= 0.6 is 15.9 Å². The molecule has 4 heteroatoms. The molecule has 1 saturated heterocycles. The summed E-state index contributed by atoms with van der Waals surface area (Å²) in [7, 11) is 1.91. The highest BCUT2D eigenvalue weighted by molar-refractivity contribution is 9.09. The number of rotatable bonds is 5. The Balaban J connectivity index is 2.36. The molecule has 0 radical (unpaired) electrons. The molecule has 0 aliphatic carbocycles. The zero-order valence-electron chi connectivity index (χ0n) is 9.71. The summed E-state index contributed by atoms with van der Waals surface area (Å²) < 4.78 is 0. The predicted molar refractivity (Wildman–Crippen MR) is 66.3 cm³/mol. The number of likely N-dealkylation sites (tertiary alicyclic amines) is 1. The molecule has 1 unspecified atom stereocenters. The minimum Gasteiger partial charge on any atom is -0.344 e. The number of halogens is 1. The maximum Gasteiger partial charge on any atom is 0.223 e. The van der Waals surface area contributed by atoms with E-state index in [0.717, 1.165) is 18.4 Å². The topological polar surface area (TPSA) is 23.6 Å². The fourth-order valence-corrected chi connectivity index (χ4v) is 2.55. The molecular formula is C11H21BrN2O. The third-order valence-electron chi connectivity index (χ3n) is 3.12. The van der Waals surface area contributed by atoms with Crippen LogP contribution in [0.4, 0.5) is 0 Å². The second-order valence-corrected chi connectivity index (χ2v) is 4.93. The fraction of sp³-hybridized carbons (Fsp3) is 0.909. The van der Waals surface area contributed by atoms with E-state index in [1.54, 1.807) is 0 Å². The van der Waals surface area contributed by atoms with E-state index in [9.17, 15) is 4.79 Å². The van der Waals surface area contributed by atoms with Gasteiger partial charge in [0.1, 0.15) is 0 Å². The van der Waals surface area contributed by atoms with Gasteiger partial charge in [-0.15, -0.1) is 0 Å². The SMILES string of the molecule is CCN1CCCC1CN(C)C(=O)CCBr. The second-order valence-electron chi connectivity index (χ2n) is 4.14. The highest BCUT2D eigenvalue weighted by atomic mass is 79.9. The minimum absolute atomic E-state index is 0.245. The molecule has 0 bridgehead atoms. The Bertz CT molecular complexity index is 211. The van der Waals surface area contributed by atoms with Crippen molar-refractivity contribution in [2.45, 2.75) is 32.2 Å². The van der Waals surface area contributed by atoms with Crippen LogP contribution in [0, 0.1) is 0 Å². The third kappa shape index (κ3) is 3.76. The number of alkyl halides is 1. The molecule has 1 rings (SSSR count). The lowest BCUT2D eigenvalue weighted by Crippen LogP contribution is -2.41. The van der Waals surface area contributed by atoms with Crippen molar-refractivity contribution >= 4 is 21.8 Å². The third-order valence-corrected chi connectivity index (χ3v) is 3.52. The van der Waals surface area contributed by atoms with Crippen LogP contribution in [0.25, 0.3) is 0 Å². The molecule has 15 heavy (non-hydrogen) atoms. The summed E-state index contributed by atoms with van der Waals surface area (Å²) in [6.45, 7) is 5.38. The molecule has 88 valence electrons. The fourth-order valence-electron chi connectivity index (χ4n) is 2.21. The molecule has 1 aliphatic rings. The van der Waals surface area contributed by atoms with Crippen LogP contribution in [0.1, 0.15) is 26.2 Å². The van der Waals surface area contributed by atoms with Crippen LogP contribution in [-0.4, -0.2) is 53.8 Å². The molecule has 0 N–H and O–H groups in total. The summed E-state index contributed by atoms with van der Waals surface area (Å²) in [5, 5.41) is 0.762. The van der Waals surface area contributed by atoms with Crippen LogP contribution in [-0.2, 0) is 4.79 Å². The van der Waals surface area contributed by atoms with Crippen molar-refractivity contribution in [1.82, 2.24) is 9.80 Å². The standard InChI is InChI=1S/C11H21BrN2O/c1-3-14-8-4-5-10(14)9-13(2)11(15)6-7-12/h10H,3-9H2,1-2H3. The lowest BCUT2D eigenvalue weighted by Gasteiger charge is -2.27. The lowest BCUT2D eigenvalue weighted by molar-refractivity contribution is -0.130. The Hall–Kier alpha value is -0.0900. The molecule has 1 aliphatic heterocycles. The summed E-state index contributed by atoms with van der Waals surface area (Å²) in [6, 6.07) is 0.583. The smallest absolute Gasteiger partial charge is 0.223 e. The maximum atomic E-state index is 11.6. The Morgan fingerprint density at radius 3 is 2.93 bits per heavy atom. The zero-order chi connectivity index (χ0) is 11.3.